The molecule has 0 spiro atoms. The van der Waals surface area contributed by atoms with Crippen LogP contribution in [0.2, 0.25) is 5.02 Å². The number of aliphatic hydroxyl groups excluding tert-OH is 1. The van der Waals surface area contributed by atoms with Crippen molar-refractivity contribution >= 4 is 17.2 Å². The topological polar surface area (TPSA) is 75.9 Å². The van der Waals surface area contributed by atoms with Gasteiger partial charge in [0.15, 0.2) is 0 Å². The number of halogens is 1. The summed E-state index contributed by atoms with van der Waals surface area (Å²) in [5, 5.41) is 12.9. The summed E-state index contributed by atoms with van der Waals surface area (Å²) in [5.41, 5.74) is 0.618. The SMILES string of the molecule is COCC(C)(CCO)NCc1cc(=O)n2cc(Cl)ccc2n1. The zero-order chi connectivity index (χ0) is 16.2. The maximum absolute atomic E-state index is 12.1. The van der Waals surface area contributed by atoms with Crippen molar-refractivity contribution in [2.75, 3.05) is 20.3 Å². The van der Waals surface area contributed by atoms with Gasteiger partial charge in [0, 0.05) is 38.1 Å². The van der Waals surface area contributed by atoms with Crippen molar-refractivity contribution in [3.63, 3.8) is 0 Å². The van der Waals surface area contributed by atoms with Crippen molar-refractivity contribution in [3.8, 4) is 0 Å². The highest BCUT2D eigenvalue weighted by molar-refractivity contribution is 6.30. The first-order valence-electron chi connectivity index (χ1n) is 7.00. The van der Waals surface area contributed by atoms with Crippen LogP contribution in [0.3, 0.4) is 0 Å². The minimum Gasteiger partial charge on any atom is -0.396 e. The Hall–Kier alpha value is -1.47. The van der Waals surface area contributed by atoms with Crippen LogP contribution in [-0.2, 0) is 11.3 Å². The molecule has 2 rings (SSSR count). The van der Waals surface area contributed by atoms with Gasteiger partial charge in [0.1, 0.15) is 5.65 Å². The van der Waals surface area contributed by atoms with Gasteiger partial charge < -0.3 is 15.2 Å². The first-order valence-corrected chi connectivity index (χ1v) is 7.38. The average Bonchev–Trinajstić information content (AvgIpc) is 2.47. The summed E-state index contributed by atoms with van der Waals surface area (Å²) in [6, 6.07) is 4.87. The van der Waals surface area contributed by atoms with Crippen molar-refractivity contribution in [1.82, 2.24) is 14.7 Å². The molecule has 0 saturated heterocycles. The van der Waals surface area contributed by atoms with Gasteiger partial charge in [0.05, 0.1) is 17.3 Å². The molecule has 0 fully saturated rings. The van der Waals surface area contributed by atoms with E-state index in [0.717, 1.165) is 0 Å². The average molecular weight is 326 g/mol. The quantitative estimate of drug-likeness (QED) is 0.800. The van der Waals surface area contributed by atoms with E-state index in [1.54, 1.807) is 25.4 Å². The van der Waals surface area contributed by atoms with E-state index in [0.29, 0.717) is 35.9 Å². The lowest BCUT2D eigenvalue weighted by atomic mass is 9.99. The van der Waals surface area contributed by atoms with E-state index in [9.17, 15) is 4.79 Å². The molecule has 1 atom stereocenters. The van der Waals surface area contributed by atoms with E-state index in [1.165, 1.54) is 10.5 Å². The summed E-state index contributed by atoms with van der Waals surface area (Å²) in [7, 11) is 1.61. The van der Waals surface area contributed by atoms with E-state index in [1.807, 2.05) is 6.92 Å². The molecule has 2 heterocycles. The fourth-order valence-corrected chi connectivity index (χ4v) is 2.46. The van der Waals surface area contributed by atoms with Gasteiger partial charge in [-0.1, -0.05) is 11.6 Å². The molecule has 2 N–H and O–H groups in total. The van der Waals surface area contributed by atoms with Gasteiger partial charge in [-0.15, -0.1) is 0 Å². The van der Waals surface area contributed by atoms with Crippen LogP contribution in [0.5, 0.6) is 0 Å². The Morgan fingerprint density at radius 3 is 2.95 bits per heavy atom. The Kier molecular flexibility index (Phi) is 5.52. The second-order valence-corrected chi connectivity index (χ2v) is 5.92. The van der Waals surface area contributed by atoms with Crippen molar-refractivity contribution in [2.24, 2.45) is 0 Å². The lowest BCUT2D eigenvalue weighted by Crippen LogP contribution is -2.46. The molecule has 120 valence electrons. The Labute approximate surface area is 133 Å². The highest BCUT2D eigenvalue weighted by Crippen LogP contribution is 2.12. The zero-order valence-electron chi connectivity index (χ0n) is 12.7. The van der Waals surface area contributed by atoms with E-state index in [4.69, 9.17) is 21.4 Å². The molecule has 0 aliphatic carbocycles. The molecule has 0 bridgehead atoms. The minimum atomic E-state index is -0.379. The summed E-state index contributed by atoms with van der Waals surface area (Å²) in [5.74, 6) is 0. The van der Waals surface area contributed by atoms with Crippen LogP contribution in [0, 0.1) is 0 Å². The number of nitrogens with zero attached hydrogens (tertiary/aromatic N) is 2. The van der Waals surface area contributed by atoms with Gasteiger partial charge in [0.25, 0.3) is 5.56 Å². The van der Waals surface area contributed by atoms with Crippen LogP contribution in [0.1, 0.15) is 19.0 Å². The molecular weight excluding hydrogens is 306 g/mol. The molecule has 2 aromatic rings. The minimum absolute atomic E-state index is 0.0547. The summed E-state index contributed by atoms with van der Waals surface area (Å²) >= 11 is 5.88. The highest BCUT2D eigenvalue weighted by Gasteiger charge is 2.23. The Morgan fingerprint density at radius 2 is 2.27 bits per heavy atom. The zero-order valence-corrected chi connectivity index (χ0v) is 13.4. The number of fused-ring (bicyclic) bond motifs is 1. The normalized spacial score (nSPS) is 14.2. The van der Waals surface area contributed by atoms with E-state index < -0.39 is 0 Å². The number of methoxy groups -OCH3 is 1. The fourth-order valence-electron chi connectivity index (χ4n) is 2.30. The van der Waals surface area contributed by atoms with Crippen molar-refractivity contribution in [1.29, 1.82) is 0 Å². The van der Waals surface area contributed by atoms with Gasteiger partial charge in [0.2, 0.25) is 0 Å². The van der Waals surface area contributed by atoms with Gasteiger partial charge in [-0.3, -0.25) is 9.20 Å². The molecule has 0 radical (unpaired) electrons. The number of hydrogen-bond donors (Lipinski definition) is 2. The fraction of sp³-hybridized carbons (Fsp3) is 0.467. The molecule has 0 aromatic carbocycles. The second kappa shape index (κ2) is 7.19. The third-order valence-electron chi connectivity index (χ3n) is 3.50. The van der Waals surface area contributed by atoms with Crippen LogP contribution < -0.4 is 10.9 Å². The van der Waals surface area contributed by atoms with E-state index >= 15 is 0 Å². The molecule has 0 amide bonds. The van der Waals surface area contributed by atoms with E-state index in [-0.39, 0.29) is 17.7 Å². The predicted octanol–water partition coefficient (Wildman–Crippen LogP) is 1.23. The highest BCUT2D eigenvalue weighted by atomic mass is 35.5. The summed E-state index contributed by atoms with van der Waals surface area (Å²) in [6.45, 7) is 2.88. The molecule has 0 saturated carbocycles. The lowest BCUT2D eigenvalue weighted by Gasteiger charge is -2.29. The standard InChI is InChI=1S/C15H20ClN3O3/c1-15(5-6-20,10-22-2)17-8-12-7-14(21)19-9-11(16)3-4-13(19)18-12/h3-4,7,9,17,20H,5-6,8,10H2,1-2H3. The largest absolute Gasteiger partial charge is 0.396 e. The van der Waals surface area contributed by atoms with Crippen LogP contribution >= 0.6 is 11.6 Å². The van der Waals surface area contributed by atoms with Crippen LogP contribution in [0.4, 0.5) is 0 Å². The van der Waals surface area contributed by atoms with Gasteiger partial charge in [-0.05, 0) is 25.5 Å². The third kappa shape index (κ3) is 4.04. The van der Waals surface area contributed by atoms with Gasteiger partial charge >= 0.3 is 0 Å². The number of nitrogens with one attached hydrogen (secondary N) is 1. The molecular formula is C15H20ClN3O3. The Morgan fingerprint density at radius 1 is 1.50 bits per heavy atom. The van der Waals surface area contributed by atoms with E-state index in [2.05, 4.69) is 10.3 Å². The molecule has 2 aromatic heterocycles. The smallest absolute Gasteiger partial charge is 0.258 e. The van der Waals surface area contributed by atoms with Crippen LogP contribution in [0.15, 0.2) is 29.2 Å². The molecule has 22 heavy (non-hydrogen) atoms. The first kappa shape index (κ1) is 16.9. The molecule has 1 unspecified atom stereocenters. The number of pyridine rings is 1. The lowest BCUT2D eigenvalue weighted by molar-refractivity contribution is 0.0967. The van der Waals surface area contributed by atoms with Crippen molar-refractivity contribution in [2.45, 2.75) is 25.4 Å². The number of aromatic nitrogens is 2. The summed E-state index contributed by atoms with van der Waals surface area (Å²) in [6.07, 6.45) is 2.09. The molecule has 6 nitrogen and oxygen atoms in total. The number of ether oxygens (including phenoxy) is 1. The summed E-state index contributed by atoms with van der Waals surface area (Å²) in [4.78, 5) is 16.5. The van der Waals surface area contributed by atoms with Crippen LogP contribution in [0.25, 0.3) is 5.65 Å². The Balaban J connectivity index is 2.21. The van der Waals surface area contributed by atoms with Gasteiger partial charge in [-0.25, -0.2) is 4.98 Å². The second-order valence-electron chi connectivity index (χ2n) is 5.48. The maximum Gasteiger partial charge on any atom is 0.258 e. The Bertz CT molecular complexity index is 696. The van der Waals surface area contributed by atoms with Gasteiger partial charge in [-0.2, -0.15) is 0 Å². The van der Waals surface area contributed by atoms with Crippen molar-refractivity contribution < 1.29 is 9.84 Å². The number of aliphatic hydroxyl groups is 1. The maximum atomic E-state index is 12.1. The number of rotatable bonds is 7. The number of hydrogen-bond acceptors (Lipinski definition) is 5. The predicted molar refractivity (Wildman–Crippen MR) is 85.3 cm³/mol. The first-order chi connectivity index (χ1) is 10.5. The molecule has 7 heteroatoms. The van der Waals surface area contributed by atoms with Crippen LogP contribution in [-0.4, -0.2) is 40.4 Å². The van der Waals surface area contributed by atoms with Crippen molar-refractivity contribution in [3.05, 3.63) is 45.5 Å². The summed E-state index contributed by atoms with van der Waals surface area (Å²) < 4.78 is 6.59. The molecule has 0 aliphatic heterocycles. The molecule has 0 aliphatic rings. The monoisotopic (exact) mass is 325 g/mol. The third-order valence-corrected chi connectivity index (χ3v) is 3.72.